The van der Waals surface area contributed by atoms with E-state index in [-0.39, 0.29) is 17.6 Å². The van der Waals surface area contributed by atoms with Crippen LogP contribution in [-0.2, 0) is 14.3 Å². The van der Waals surface area contributed by atoms with Gasteiger partial charge in [-0.3, -0.25) is 9.36 Å². The second kappa shape index (κ2) is 7.87. The second-order valence-electron chi connectivity index (χ2n) is 6.48. The van der Waals surface area contributed by atoms with E-state index in [0.29, 0.717) is 0 Å². The highest BCUT2D eigenvalue weighted by molar-refractivity contribution is 6.18. The number of hydrogen-bond donors (Lipinski definition) is 3. The van der Waals surface area contributed by atoms with Crippen LogP contribution < -0.4 is 17.2 Å². The molecule has 0 radical (unpaired) electrons. The Morgan fingerprint density at radius 2 is 2.27 bits per heavy atom. The molecule has 1 saturated heterocycles. The normalized spacial score (nSPS) is 29.7. The predicted octanol–water partition coefficient (Wildman–Crippen LogP) is -0.443. The van der Waals surface area contributed by atoms with E-state index in [2.05, 4.69) is 4.98 Å². The number of nitrogens with zero attached hydrogens (tertiary/aromatic N) is 2. The minimum atomic E-state index is -1.99. The molecule has 2 rings (SSSR count). The van der Waals surface area contributed by atoms with Crippen LogP contribution in [0.1, 0.15) is 20.1 Å². The number of halogens is 2. The maximum atomic E-state index is 15.1. The zero-order valence-corrected chi connectivity index (χ0v) is 15.1. The topological polar surface area (TPSA) is 143 Å². The van der Waals surface area contributed by atoms with Crippen LogP contribution in [0.25, 0.3) is 0 Å². The van der Waals surface area contributed by atoms with Crippen molar-refractivity contribution in [1.29, 1.82) is 0 Å². The van der Waals surface area contributed by atoms with Crippen molar-refractivity contribution in [2.45, 2.75) is 44.0 Å². The van der Waals surface area contributed by atoms with Gasteiger partial charge in [0.15, 0.2) is 18.5 Å². The number of carbonyl (C=O) groups is 1. The number of nitrogen functional groups attached to an aromatic ring is 1. The van der Waals surface area contributed by atoms with Gasteiger partial charge in [-0.2, -0.15) is 4.98 Å². The average molecular weight is 393 g/mol. The van der Waals surface area contributed by atoms with Gasteiger partial charge in [0, 0.05) is 6.20 Å². The maximum absolute atomic E-state index is 15.1. The molecule has 2 unspecified atom stereocenters. The summed E-state index contributed by atoms with van der Waals surface area (Å²) in [5.74, 6) is -1.53. The van der Waals surface area contributed by atoms with Crippen molar-refractivity contribution in [2.75, 3.05) is 18.2 Å². The Kier molecular flexibility index (Phi) is 6.22. The van der Waals surface area contributed by atoms with Gasteiger partial charge in [-0.25, -0.2) is 9.18 Å². The smallest absolute Gasteiger partial charge is 0.351 e. The summed E-state index contributed by atoms with van der Waals surface area (Å²) in [6.07, 6.45) is -3.86. The fourth-order valence-corrected chi connectivity index (χ4v) is 2.87. The standard InChI is InChI=1S/C15H22ClFN4O5/c1-7(2)10(19)13(23)25-11-9(17)12(26-15(11,5-16)6-22)21-4-3-8(18)20-14(21)24/h3-4,7,9-12,22H,5-6,19H2,1-2H3,(H2,18,20,24)/t9-,10?,11+,12-,15?/m1/s1. The van der Waals surface area contributed by atoms with Crippen molar-refractivity contribution in [3.05, 3.63) is 22.7 Å². The third kappa shape index (κ3) is 3.68. The summed E-state index contributed by atoms with van der Waals surface area (Å²) in [7, 11) is 0. The molecule has 0 bridgehead atoms. The third-order valence-electron chi connectivity index (χ3n) is 4.29. The number of rotatable bonds is 6. The molecule has 1 aliphatic heterocycles. The molecule has 9 nitrogen and oxygen atoms in total. The highest BCUT2D eigenvalue weighted by atomic mass is 35.5. The highest BCUT2D eigenvalue weighted by Gasteiger charge is 2.58. The van der Waals surface area contributed by atoms with Crippen molar-refractivity contribution in [3.63, 3.8) is 0 Å². The quantitative estimate of drug-likeness (QED) is 0.436. The number of carbonyl (C=O) groups excluding carboxylic acids is 1. The summed E-state index contributed by atoms with van der Waals surface area (Å²) in [6, 6.07) is 0.293. The number of hydrogen-bond acceptors (Lipinski definition) is 8. The highest BCUT2D eigenvalue weighted by Crippen LogP contribution is 2.41. The number of nitrogens with two attached hydrogens (primary N) is 2. The SMILES string of the molecule is CC(C)C(N)C(=O)O[C@H]1[C@@H](F)[C@H](n2ccc(N)nc2=O)OC1(CO)CCl. The van der Waals surface area contributed by atoms with Crippen LogP contribution in [0.2, 0.25) is 0 Å². The molecule has 0 amide bonds. The molecule has 2 heterocycles. The fourth-order valence-electron chi connectivity index (χ4n) is 2.57. The van der Waals surface area contributed by atoms with Crippen molar-refractivity contribution in [2.24, 2.45) is 11.7 Å². The van der Waals surface area contributed by atoms with E-state index in [4.69, 9.17) is 32.5 Å². The average Bonchev–Trinajstić information content (AvgIpc) is 2.87. The van der Waals surface area contributed by atoms with E-state index in [9.17, 15) is 14.7 Å². The molecule has 11 heteroatoms. The zero-order valence-electron chi connectivity index (χ0n) is 14.3. The van der Waals surface area contributed by atoms with E-state index >= 15 is 4.39 Å². The lowest BCUT2D eigenvalue weighted by molar-refractivity contribution is -0.167. The lowest BCUT2D eigenvalue weighted by Gasteiger charge is -2.30. The van der Waals surface area contributed by atoms with Gasteiger partial charge in [0.1, 0.15) is 17.5 Å². The third-order valence-corrected chi connectivity index (χ3v) is 4.74. The van der Waals surface area contributed by atoms with Crippen LogP contribution in [0.3, 0.4) is 0 Å². The number of ether oxygens (including phenoxy) is 2. The van der Waals surface area contributed by atoms with E-state index in [1.54, 1.807) is 13.8 Å². The van der Waals surface area contributed by atoms with Crippen LogP contribution in [-0.4, -0.2) is 57.0 Å². The number of anilines is 1. The molecule has 1 aromatic heterocycles. The summed E-state index contributed by atoms with van der Waals surface area (Å²) in [6.45, 7) is 2.67. The van der Waals surface area contributed by atoms with Gasteiger partial charge in [-0.05, 0) is 12.0 Å². The molecule has 26 heavy (non-hydrogen) atoms. The molecule has 0 spiro atoms. The van der Waals surface area contributed by atoms with Crippen molar-refractivity contribution < 1.29 is 23.8 Å². The molecule has 0 aromatic carbocycles. The van der Waals surface area contributed by atoms with E-state index in [0.717, 1.165) is 4.57 Å². The first-order chi connectivity index (χ1) is 12.2. The van der Waals surface area contributed by atoms with Gasteiger partial charge in [-0.1, -0.05) is 13.8 Å². The van der Waals surface area contributed by atoms with Crippen LogP contribution in [0.5, 0.6) is 0 Å². The Morgan fingerprint density at radius 1 is 1.62 bits per heavy atom. The maximum Gasteiger partial charge on any atom is 0.351 e. The number of aromatic nitrogens is 2. The van der Waals surface area contributed by atoms with Crippen LogP contribution >= 0.6 is 11.6 Å². The van der Waals surface area contributed by atoms with Gasteiger partial charge >= 0.3 is 11.7 Å². The summed E-state index contributed by atoms with van der Waals surface area (Å²) in [5, 5.41) is 9.72. The minimum absolute atomic E-state index is 0.0451. The lowest BCUT2D eigenvalue weighted by atomic mass is 9.98. The van der Waals surface area contributed by atoms with Crippen molar-refractivity contribution in [1.82, 2.24) is 9.55 Å². The minimum Gasteiger partial charge on any atom is -0.455 e. The number of aliphatic hydroxyl groups is 1. The van der Waals surface area contributed by atoms with Crippen molar-refractivity contribution in [3.8, 4) is 0 Å². The largest absolute Gasteiger partial charge is 0.455 e. The van der Waals surface area contributed by atoms with E-state index < -0.39 is 48.4 Å². The van der Waals surface area contributed by atoms with Gasteiger partial charge in [0.05, 0.1) is 12.5 Å². The number of alkyl halides is 2. The number of aliphatic hydroxyl groups excluding tert-OH is 1. The fraction of sp³-hybridized carbons (Fsp3) is 0.667. The predicted molar refractivity (Wildman–Crippen MR) is 91.2 cm³/mol. The van der Waals surface area contributed by atoms with Gasteiger partial charge < -0.3 is 26.0 Å². The Balaban J connectivity index is 2.36. The second-order valence-corrected chi connectivity index (χ2v) is 6.75. The van der Waals surface area contributed by atoms with Gasteiger partial charge in [0.25, 0.3) is 0 Å². The summed E-state index contributed by atoms with van der Waals surface area (Å²) < 4.78 is 26.7. The molecular formula is C15H22ClFN4O5. The Hall–Kier alpha value is -1.75. The monoisotopic (exact) mass is 392 g/mol. The molecule has 0 saturated carbocycles. The van der Waals surface area contributed by atoms with E-state index in [1.165, 1.54) is 12.3 Å². The summed E-state index contributed by atoms with van der Waals surface area (Å²) in [5.41, 5.74) is 8.55. The molecule has 5 atom stereocenters. The molecule has 1 aliphatic rings. The Bertz CT molecular complexity index is 712. The molecule has 1 fully saturated rings. The van der Waals surface area contributed by atoms with E-state index in [1.807, 2.05) is 0 Å². The Morgan fingerprint density at radius 3 is 2.77 bits per heavy atom. The molecule has 5 N–H and O–H groups in total. The first-order valence-corrected chi connectivity index (χ1v) is 8.49. The van der Waals surface area contributed by atoms with Crippen LogP contribution in [0.4, 0.5) is 10.2 Å². The van der Waals surface area contributed by atoms with Crippen molar-refractivity contribution >= 4 is 23.4 Å². The van der Waals surface area contributed by atoms with Gasteiger partial charge in [-0.15, -0.1) is 11.6 Å². The van der Waals surface area contributed by atoms with Gasteiger partial charge in [0.2, 0.25) is 0 Å². The Labute approximate surface area is 154 Å². The summed E-state index contributed by atoms with van der Waals surface area (Å²) in [4.78, 5) is 27.7. The molecule has 0 aliphatic carbocycles. The molecule has 146 valence electrons. The molecule has 1 aromatic rings. The first-order valence-electron chi connectivity index (χ1n) is 7.96. The summed E-state index contributed by atoms with van der Waals surface area (Å²) >= 11 is 5.87. The van der Waals surface area contributed by atoms with Crippen LogP contribution in [0.15, 0.2) is 17.1 Å². The molecular weight excluding hydrogens is 371 g/mol. The zero-order chi connectivity index (χ0) is 19.6. The van der Waals surface area contributed by atoms with Crippen LogP contribution in [0, 0.1) is 5.92 Å². The lowest BCUT2D eigenvalue weighted by Crippen LogP contribution is -2.52. The first kappa shape index (κ1) is 20.6. The number of esters is 1.